The summed E-state index contributed by atoms with van der Waals surface area (Å²) >= 11 is 1.63. The summed E-state index contributed by atoms with van der Waals surface area (Å²) in [5, 5.41) is 3.23. The molecule has 1 aromatic carbocycles. The maximum absolute atomic E-state index is 11.4. The lowest BCUT2D eigenvalue weighted by molar-refractivity contribution is -0.118. The van der Waals surface area contributed by atoms with E-state index in [0.29, 0.717) is 18.9 Å². The summed E-state index contributed by atoms with van der Waals surface area (Å²) in [5.41, 5.74) is 7.75. The number of thiophene rings is 1. The Balaban J connectivity index is 1.80. The van der Waals surface area contributed by atoms with Crippen LogP contribution in [0.5, 0.6) is 0 Å². The van der Waals surface area contributed by atoms with Gasteiger partial charge >= 0.3 is 0 Å². The number of piperidine rings is 1. The van der Waals surface area contributed by atoms with E-state index in [1.807, 2.05) is 18.2 Å². The lowest BCUT2D eigenvalue weighted by atomic mass is 9.94. The molecule has 2 N–H and O–H groups in total. The Morgan fingerprint density at radius 2 is 2.14 bits per heavy atom. The molecule has 3 aromatic rings. The number of hydrogen-bond acceptors (Lipinski definition) is 6. The first-order chi connectivity index (χ1) is 13.7. The number of fused-ring (bicyclic) bond motifs is 1. The molecule has 1 saturated heterocycles. The molecule has 1 fully saturated rings. The lowest BCUT2D eigenvalue weighted by Crippen LogP contribution is -2.37. The lowest BCUT2D eigenvalue weighted by Gasteiger charge is -2.33. The van der Waals surface area contributed by atoms with Crippen LogP contribution in [0.2, 0.25) is 0 Å². The molecule has 28 heavy (non-hydrogen) atoms. The van der Waals surface area contributed by atoms with Crippen molar-refractivity contribution >= 4 is 33.3 Å². The predicted molar refractivity (Wildman–Crippen MR) is 112 cm³/mol. The quantitative estimate of drug-likeness (QED) is 0.688. The molecule has 1 aliphatic heterocycles. The Morgan fingerprint density at radius 3 is 2.89 bits per heavy atom. The van der Waals surface area contributed by atoms with Gasteiger partial charge in [0.25, 0.3) is 0 Å². The molecule has 7 heteroatoms. The van der Waals surface area contributed by atoms with Gasteiger partial charge in [0.1, 0.15) is 17.3 Å². The van der Waals surface area contributed by atoms with Crippen LogP contribution in [0.3, 0.4) is 0 Å². The third-order valence-electron chi connectivity index (χ3n) is 5.13. The minimum atomic E-state index is -0.236. The van der Waals surface area contributed by atoms with E-state index in [2.05, 4.69) is 22.4 Å². The van der Waals surface area contributed by atoms with Crippen molar-refractivity contribution in [3.05, 3.63) is 41.5 Å². The molecule has 0 spiro atoms. The molecule has 1 aliphatic rings. The van der Waals surface area contributed by atoms with E-state index >= 15 is 0 Å². The summed E-state index contributed by atoms with van der Waals surface area (Å²) in [4.78, 5) is 24.3. The molecule has 6 nitrogen and oxygen atoms in total. The SMILES string of the molecule is COCc1nc(N2CCCC(CC(N)=O)C2)c2c(-c3ccccc3)csc2n1. The first-order valence-electron chi connectivity index (χ1n) is 9.51. The number of amides is 1. The fourth-order valence-electron chi connectivity index (χ4n) is 3.93. The minimum Gasteiger partial charge on any atom is -0.377 e. The number of rotatable bonds is 6. The number of anilines is 1. The van der Waals surface area contributed by atoms with Gasteiger partial charge in [0.15, 0.2) is 5.82 Å². The van der Waals surface area contributed by atoms with Crippen molar-refractivity contribution in [1.82, 2.24) is 9.97 Å². The molecule has 3 heterocycles. The first kappa shape index (κ1) is 18.8. The van der Waals surface area contributed by atoms with Gasteiger partial charge in [-0.05, 0) is 24.3 Å². The standard InChI is InChI=1S/C21H24N4O2S/c1-27-12-18-23-20(25-9-5-6-14(11-25)10-17(22)26)19-16(13-28-21(19)24-18)15-7-3-2-4-8-15/h2-4,7-8,13-14H,5-6,9-12H2,1H3,(H2,22,26). The van der Waals surface area contributed by atoms with E-state index in [1.54, 1.807) is 18.4 Å². The average Bonchev–Trinajstić information content (AvgIpc) is 3.12. The Hall–Kier alpha value is -2.51. The summed E-state index contributed by atoms with van der Waals surface area (Å²) in [7, 11) is 1.65. The van der Waals surface area contributed by atoms with Gasteiger partial charge in [0, 0.05) is 37.6 Å². The van der Waals surface area contributed by atoms with E-state index in [9.17, 15) is 4.79 Å². The molecule has 1 atom stereocenters. The Bertz CT molecular complexity index is 973. The van der Waals surface area contributed by atoms with Crippen molar-refractivity contribution < 1.29 is 9.53 Å². The first-order valence-corrected chi connectivity index (χ1v) is 10.4. The van der Waals surface area contributed by atoms with Crippen molar-refractivity contribution in [3.63, 3.8) is 0 Å². The highest BCUT2D eigenvalue weighted by molar-refractivity contribution is 7.17. The number of carbonyl (C=O) groups is 1. The van der Waals surface area contributed by atoms with Crippen LogP contribution < -0.4 is 10.6 Å². The van der Waals surface area contributed by atoms with E-state index in [4.69, 9.17) is 20.4 Å². The second-order valence-corrected chi connectivity index (χ2v) is 8.07. The molecule has 2 aromatic heterocycles. The summed E-state index contributed by atoms with van der Waals surface area (Å²) in [6.07, 6.45) is 2.46. The fourth-order valence-corrected chi connectivity index (χ4v) is 4.89. The second kappa shape index (κ2) is 8.24. The number of carbonyl (C=O) groups excluding carboxylic acids is 1. The highest BCUT2D eigenvalue weighted by Crippen LogP contribution is 2.39. The molecule has 0 aliphatic carbocycles. The smallest absolute Gasteiger partial charge is 0.217 e. The highest BCUT2D eigenvalue weighted by Gasteiger charge is 2.26. The summed E-state index contributed by atoms with van der Waals surface area (Å²) in [6, 6.07) is 10.3. The van der Waals surface area contributed by atoms with Gasteiger partial charge in [-0.2, -0.15) is 0 Å². The van der Waals surface area contributed by atoms with E-state index < -0.39 is 0 Å². The molecule has 0 radical (unpaired) electrons. The van der Waals surface area contributed by atoms with Crippen molar-refractivity contribution in [2.75, 3.05) is 25.1 Å². The van der Waals surface area contributed by atoms with Crippen LogP contribution in [0.15, 0.2) is 35.7 Å². The van der Waals surface area contributed by atoms with Crippen LogP contribution in [0, 0.1) is 5.92 Å². The second-order valence-electron chi connectivity index (χ2n) is 7.22. The maximum atomic E-state index is 11.4. The van der Waals surface area contributed by atoms with Crippen LogP contribution in [0.25, 0.3) is 21.3 Å². The fraction of sp³-hybridized carbons (Fsp3) is 0.381. The van der Waals surface area contributed by atoms with Gasteiger partial charge in [0.05, 0.1) is 5.39 Å². The van der Waals surface area contributed by atoms with Gasteiger partial charge in [-0.15, -0.1) is 11.3 Å². The molecule has 0 bridgehead atoms. The van der Waals surface area contributed by atoms with Crippen LogP contribution in [0.4, 0.5) is 5.82 Å². The zero-order valence-corrected chi connectivity index (χ0v) is 16.7. The number of primary amides is 1. The Labute approximate surface area is 168 Å². The normalized spacial score (nSPS) is 17.2. The van der Waals surface area contributed by atoms with Gasteiger partial charge in [-0.3, -0.25) is 4.79 Å². The van der Waals surface area contributed by atoms with Gasteiger partial charge in [-0.1, -0.05) is 30.3 Å². The van der Waals surface area contributed by atoms with Crippen LogP contribution in [-0.2, 0) is 16.1 Å². The zero-order chi connectivity index (χ0) is 19.5. The number of methoxy groups -OCH3 is 1. The molecular weight excluding hydrogens is 372 g/mol. The largest absolute Gasteiger partial charge is 0.377 e. The molecule has 0 saturated carbocycles. The molecular formula is C21H24N4O2S. The number of hydrogen-bond donors (Lipinski definition) is 1. The Kier molecular flexibility index (Phi) is 5.54. The van der Waals surface area contributed by atoms with E-state index in [1.165, 1.54) is 0 Å². The number of benzene rings is 1. The number of nitrogens with zero attached hydrogens (tertiary/aromatic N) is 3. The molecule has 146 valence electrons. The summed E-state index contributed by atoms with van der Waals surface area (Å²) in [5.74, 6) is 1.65. The third-order valence-corrected chi connectivity index (χ3v) is 6.00. The van der Waals surface area contributed by atoms with Crippen molar-refractivity contribution in [2.24, 2.45) is 11.7 Å². The summed E-state index contributed by atoms with van der Waals surface area (Å²) < 4.78 is 5.28. The van der Waals surface area contributed by atoms with Crippen molar-refractivity contribution in [2.45, 2.75) is 25.9 Å². The average molecular weight is 397 g/mol. The number of aromatic nitrogens is 2. The van der Waals surface area contributed by atoms with Crippen LogP contribution in [-0.4, -0.2) is 36.1 Å². The van der Waals surface area contributed by atoms with Gasteiger partial charge in [0.2, 0.25) is 5.91 Å². The highest BCUT2D eigenvalue weighted by atomic mass is 32.1. The van der Waals surface area contributed by atoms with E-state index in [0.717, 1.165) is 53.1 Å². The molecule has 1 amide bonds. The zero-order valence-electron chi connectivity index (χ0n) is 15.9. The van der Waals surface area contributed by atoms with Crippen LogP contribution >= 0.6 is 11.3 Å². The van der Waals surface area contributed by atoms with E-state index in [-0.39, 0.29) is 11.8 Å². The predicted octanol–water partition coefficient (Wildman–Crippen LogP) is 3.60. The maximum Gasteiger partial charge on any atom is 0.217 e. The van der Waals surface area contributed by atoms with Crippen molar-refractivity contribution in [3.8, 4) is 11.1 Å². The Morgan fingerprint density at radius 1 is 1.32 bits per heavy atom. The van der Waals surface area contributed by atoms with Gasteiger partial charge < -0.3 is 15.4 Å². The molecule has 1 unspecified atom stereocenters. The summed E-state index contributed by atoms with van der Waals surface area (Å²) in [6.45, 7) is 2.07. The topological polar surface area (TPSA) is 81.3 Å². The number of ether oxygens (including phenoxy) is 1. The monoisotopic (exact) mass is 396 g/mol. The van der Waals surface area contributed by atoms with Crippen molar-refractivity contribution in [1.29, 1.82) is 0 Å². The third kappa shape index (κ3) is 3.86. The molecule has 4 rings (SSSR count). The van der Waals surface area contributed by atoms with Crippen LogP contribution in [0.1, 0.15) is 25.1 Å². The van der Waals surface area contributed by atoms with Gasteiger partial charge in [-0.25, -0.2) is 9.97 Å². The minimum absolute atomic E-state index is 0.236. The number of nitrogens with two attached hydrogens (primary N) is 1.